The molecule has 1 saturated heterocycles. The van der Waals surface area contributed by atoms with E-state index in [1.807, 2.05) is 36.5 Å². The molecule has 26 heteroatoms. The molecule has 338 valence electrons. The van der Waals surface area contributed by atoms with Crippen LogP contribution in [-0.4, -0.2) is 90.7 Å². The van der Waals surface area contributed by atoms with Crippen molar-refractivity contribution in [2.75, 3.05) is 33.9 Å². The minimum atomic E-state index is -5.08. The molecule has 0 radical (unpaired) electrons. The summed E-state index contributed by atoms with van der Waals surface area (Å²) in [6.07, 6.45) is -6.15. The molecule has 1 amide bonds. The molecule has 2 aliphatic heterocycles. The summed E-state index contributed by atoms with van der Waals surface area (Å²) in [6.45, 7) is 1.83. The minimum Gasteiger partial charge on any atom is -0.475 e. The number of thiazole rings is 1. The number of aliphatic carboxylic acids is 3. The Morgan fingerprint density at radius 3 is 1.97 bits per heavy atom. The molecule has 2 aromatic carbocycles. The molecule has 6 N–H and O–H groups in total. The standard InChI is InChI=1S/C31H29ClN8OS.3C2HF3O2/c32-24-18-34-30-36-23-13-20(16-33-17-23)5-6-21-15-22(35-29(24)39-30)7-8-25(21)37-28(41)14-19-9-11-40(12-10-19)31-38-26-3-1-2-4-27(26)42-31;3*3-2(4,5)1(6)7/h1-4,7-8,13,15-19H,5-6,9-12,14H2,(H,37,41)(H2,34,35,36,39);3*(H,6,7). The van der Waals surface area contributed by atoms with Crippen LogP contribution in [-0.2, 0) is 32.0 Å². The van der Waals surface area contributed by atoms with Gasteiger partial charge in [0.25, 0.3) is 0 Å². The van der Waals surface area contributed by atoms with Crippen molar-refractivity contribution >= 4 is 90.9 Å². The zero-order valence-corrected chi connectivity index (χ0v) is 33.3. The molecular formula is C37H32ClF9N8O7S. The van der Waals surface area contributed by atoms with E-state index in [-0.39, 0.29) is 5.91 Å². The van der Waals surface area contributed by atoms with E-state index in [4.69, 9.17) is 46.3 Å². The van der Waals surface area contributed by atoms with Gasteiger partial charge in [0.15, 0.2) is 10.9 Å². The number of hydrogen-bond donors (Lipinski definition) is 6. The van der Waals surface area contributed by atoms with Crippen LogP contribution in [0.4, 0.5) is 73.5 Å². The quantitative estimate of drug-likeness (QED) is 0.0928. The number of nitrogens with one attached hydrogen (secondary N) is 3. The van der Waals surface area contributed by atoms with Crippen molar-refractivity contribution < 1.29 is 74.0 Å². The van der Waals surface area contributed by atoms with Crippen molar-refractivity contribution in [1.82, 2.24) is 19.9 Å². The molecule has 3 aromatic heterocycles. The number of benzene rings is 2. The number of piperidine rings is 1. The second-order valence-electron chi connectivity index (χ2n) is 13.1. The van der Waals surface area contributed by atoms with Gasteiger partial charge in [0.05, 0.1) is 28.3 Å². The van der Waals surface area contributed by atoms with E-state index >= 15 is 0 Å². The van der Waals surface area contributed by atoms with Crippen molar-refractivity contribution in [3.63, 3.8) is 0 Å². The summed E-state index contributed by atoms with van der Waals surface area (Å²) in [4.78, 5) is 60.3. The fraction of sp³-hybridized carbons (Fsp3) is 0.297. The fourth-order valence-electron chi connectivity index (χ4n) is 5.54. The van der Waals surface area contributed by atoms with E-state index in [0.717, 1.165) is 77.6 Å². The van der Waals surface area contributed by atoms with Gasteiger partial charge in [-0.2, -0.15) is 44.5 Å². The number of amides is 1. The van der Waals surface area contributed by atoms with Crippen molar-refractivity contribution in [1.29, 1.82) is 0 Å². The predicted octanol–water partition coefficient (Wildman–Crippen LogP) is 8.87. The maximum atomic E-state index is 13.2. The summed E-state index contributed by atoms with van der Waals surface area (Å²) in [6, 6.07) is 16.2. The number of carbonyl (C=O) groups excluding carboxylic acids is 1. The van der Waals surface area contributed by atoms with E-state index < -0.39 is 36.4 Å². The number of aryl methyl sites for hydroxylation is 2. The molecule has 6 bridgehead atoms. The molecular weight excluding hydrogens is 907 g/mol. The number of halogens is 10. The summed E-state index contributed by atoms with van der Waals surface area (Å²) in [5.41, 5.74) is 5.61. The fourth-order valence-corrected chi connectivity index (χ4v) is 6.70. The van der Waals surface area contributed by atoms with Crippen molar-refractivity contribution in [2.45, 2.75) is 50.6 Å². The Morgan fingerprint density at radius 1 is 0.778 bits per heavy atom. The SMILES string of the molecule is O=C(CC1CCN(c2nc3ccccc3s2)CC1)Nc1ccc2cc1CCc1cncc(c1)Nc1ncc(Cl)c(n1)N2.O=C(O)C(F)(F)F.O=C(O)C(F)(F)F.O=C(O)C(F)(F)F. The van der Waals surface area contributed by atoms with Gasteiger partial charge in [-0.05, 0) is 79.1 Å². The highest BCUT2D eigenvalue weighted by Gasteiger charge is 2.39. The lowest BCUT2D eigenvalue weighted by Gasteiger charge is -2.31. The molecule has 0 atom stereocenters. The number of rotatable bonds is 4. The third kappa shape index (κ3) is 15.4. The second-order valence-corrected chi connectivity index (χ2v) is 14.6. The Labute approximate surface area is 358 Å². The molecule has 5 heterocycles. The molecule has 1 fully saturated rings. The zero-order valence-electron chi connectivity index (χ0n) is 31.8. The first kappa shape index (κ1) is 49.2. The number of alkyl halides is 9. The first-order valence-electron chi connectivity index (χ1n) is 17.8. The van der Waals surface area contributed by atoms with Crippen LogP contribution < -0.4 is 20.9 Å². The molecule has 7 rings (SSSR count). The first-order chi connectivity index (χ1) is 29.4. The Morgan fingerprint density at radius 2 is 1.38 bits per heavy atom. The molecule has 0 unspecified atom stereocenters. The summed E-state index contributed by atoms with van der Waals surface area (Å²) in [5, 5.41) is 32.6. The van der Waals surface area contributed by atoms with E-state index in [2.05, 4.69) is 54.0 Å². The molecule has 0 aliphatic carbocycles. The summed E-state index contributed by atoms with van der Waals surface area (Å²) in [7, 11) is 0. The third-order valence-corrected chi connectivity index (χ3v) is 9.86. The molecule has 0 saturated carbocycles. The lowest BCUT2D eigenvalue weighted by atomic mass is 9.93. The van der Waals surface area contributed by atoms with Crippen molar-refractivity contribution in [2.24, 2.45) is 5.92 Å². The van der Waals surface area contributed by atoms with Gasteiger partial charge < -0.3 is 36.2 Å². The van der Waals surface area contributed by atoms with Gasteiger partial charge in [-0.15, -0.1) is 0 Å². The van der Waals surface area contributed by atoms with Crippen LogP contribution in [0.5, 0.6) is 0 Å². The lowest BCUT2D eigenvalue weighted by Crippen LogP contribution is -2.34. The van der Waals surface area contributed by atoms with E-state index in [9.17, 15) is 44.3 Å². The average molecular weight is 939 g/mol. The number of carbonyl (C=O) groups is 4. The lowest BCUT2D eigenvalue weighted by molar-refractivity contribution is -0.193. The van der Waals surface area contributed by atoms with E-state index in [1.54, 1.807) is 23.7 Å². The van der Waals surface area contributed by atoms with Crippen LogP contribution >= 0.6 is 22.9 Å². The number of pyridine rings is 1. The number of anilines is 6. The van der Waals surface area contributed by atoms with Crippen molar-refractivity contribution in [3.05, 3.63) is 83.3 Å². The topological polar surface area (TPSA) is 220 Å². The summed E-state index contributed by atoms with van der Waals surface area (Å²) in [5.74, 6) is -6.96. The Balaban J connectivity index is 0.000000344. The van der Waals surface area contributed by atoms with Crippen LogP contribution in [0.15, 0.2) is 67.1 Å². The number of carboxylic acid groups (broad SMARTS) is 3. The average Bonchev–Trinajstić information content (AvgIpc) is 3.64. The number of fused-ring (bicyclic) bond motifs is 7. The number of carboxylic acids is 3. The number of aromatic nitrogens is 4. The Hall–Kier alpha value is -6.50. The van der Waals surface area contributed by atoms with E-state index in [0.29, 0.717) is 29.1 Å². The highest BCUT2D eigenvalue weighted by atomic mass is 35.5. The second kappa shape index (κ2) is 21.0. The normalized spacial score (nSPS) is 13.8. The van der Waals surface area contributed by atoms with Crippen LogP contribution in [0.1, 0.15) is 30.4 Å². The largest absolute Gasteiger partial charge is 0.490 e. The maximum absolute atomic E-state index is 13.2. The highest BCUT2D eigenvalue weighted by molar-refractivity contribution is 7.22. The minimum absolute atomic E-state index is 0.0460. The van der Waals surface area contributed by atoms with Gasteiger partial charge in [-0.3, -0.25) is 9.78 Å². The maximum Gasteiger partial charge on any atom is 0.490 e. The van der Waals surface area contributed by atoms with Crippen LogP contribution in [0.25, 0.3) is 10.2 Å². The monoisotopic (exact) mass is 938 g/mol. The Bertz CT molecular complexity index is 2320. The molecule has 5 aromatic rings. The number of para-hydroxylation sites is 1. The summed E-state index contributed by atoms with van der Waals surface area (Å²) < 4.78 is 96.4. The van der Waals surface area contributed by atoms with Crippen LogP contribution in [0.2, 0.25) is 5.02 Å². The molecule has 0 spiro atoms. The zero-order chi connectivity index (χ0) is 46.7. The first-order valence-corrected chi connectivity index (χ1v) is 19.0. The van der Waals surface area contributed by atoms with Gasteiger partial charge in [0, 0.05) is 37.1 Å². The molecule has 63 heavy (non-hydrogen) atoms. The summed E-state index contributed by atoms with van der Waals surface area (Å²) >= 11 is 8.14. The number of nitrogens with zero attached hydrogens (tertiary/aromatic N) is 5. The van der Waals surface area contributed by atoms with Gasteiger partial charge in [-0.25, -0.2) is 24.4 Å². The number of hydrogen-bond acceptors (Lipinski definition) is 12. The smallest absolute Gasteiger partial charge is 0.475 e. The van der Waals surface area contributed by atoms with Gasteiger partial charge in [0.1, 0.15) is 5.02 Å². The third-order valence-electron chi connectivity index (χ3n) is 8.49. The van der Waals surface area contributed by atoms with Crippen molar-refractivity contribution in [3.8, 4) is 0 Å². The van der Waals surface area contributed by atoms with Crippen LogP contribution in [0.3, 0.4) is 0 Å². The van der Waals surface area contributed by atoms with Gasteiger partial charge in [0.2, 0.25) is 11.9 Å². The molecule has 2 aliphatic rings. The highest BCUT2D eigenvalue weighted by Crippen LogP contribution is 2.33. The molecule has 15 nitrogen and oxygen atoms in total. The predicted molar refractivity (Wildman–Crippen MR) is 211 cm³/mol. The van der Waals surface area contributed by atoms with Gasteiger partial charge >= 0.3 is 36.4 Å². The Kier molecular flexibility index (Phi) is 16.4. The van der Waals surface area contributed by atoms with E-state index in [1.165, 1.54) is 4.70 Å². The van der Waals surface area contributed by atoms with Crippen LogP contribution in [0, 0.1) is 5.92 Å². The van der Waals surface area contributed by atoms with Gasteiger partial charge in [-0.1, -0.05) is 35.1 Å².